The number of hydrogen-bond acceptors (Lipinski definition) is 4. The SMILES string of the molecule is CCC[N+](CC)(CC)CCOc1ccc2c(c1)C(=O)c1cc(OCCN(CC)CC)ccc1-2.[I-]. The number of carbonyl (C=O) groups is 1. The van der Waals surface area contributed by atoms with Gasteiger partial charge in [-0.1, -0.05) is 20.8 Å². The molecular weight excluding hydrogens is 539 g/mol. The molecule has 0 heterocycles. The summed E-state index contributed by atoms with van der Waals surface area (Å²) in [5.74, 6) is 1.58. The molecule has 2 aromatic rings. The fraction of sp³-hybridized carbons (Fsp3) is 0.536. The van der Waals surface area contributed by atoms with E-state index in [9.17, 15) is 4.79 Å². The van der Waals surface area contributed by atoms with Crippen molar-refractivity contribution in [2.75, 3.05) is 59.0 Å². The van der Waals surface area contributed by atoms with Crippen LogP contribution in [0.15, 0.2) is 36.4 Å². The van der Waals surface area contributed by atoms with Gasteiger partial charge in [0, 0.05) is 17.7 Å². The van der Waals surface area contributed by atoms with Crippen molar-refractivity contribution in [2.45, 2.75) is 41.0 Å². The number of hydrogen-bond donors (Lipinski definition) is 0. The number of fused-ring (bicyclic) bond motifs is 3. The minimum absolute atomic E-state index is 0. The zero-order valence-corrected chi connectivity index (χ0v) is 23.7. The molecule has 2 aromatic carbocycles. The van der Waals surface area contributed by atoms with Gasteiger partial charge in [-0.2, -0.15) is 0 Å². The van der Waals surface area contributed by atoms with Crippen LogP contribution < -0.4 is 33.5 Å². The van der Waals surface area contributed by atoms with Gasteiger partial charge in [0.15, 0.2) is 5.78 Å². The lowest BCUT2D eigenvalue weighted by atomic mass is 10.1. The predicted molar refractivity (Wildman–Crippen MR) is 135 cm³/mol. The van der Waals surface area contributed by atoms with Gasteiger partial charge < -0.3 is 42.8 Å². The van der Waals surface area contributed by atoms with Gasteiger partial charge in [0.1, 0.15) is 31.3 Å². The molecule has 0 bridgehead atoms. The number of halogens is 1. The Morgan fingerprint density at radius 1 is 0.735 bits per heavy atom. The third-order valence-electron chi connectivity index (χ3n) is 7.21. The second-order valence-corrected chi connectivity index (χ2v) is 8.89. The Morgan fingerprint density at radius 3 is 1.74 bits per heavy atom. The van der Waals surface area contributed by atoms with Crippen LogP contribution in [0.3, 0.4) is 0 Å². The number of rotatable bonds is 14. The molecule has 1 aliphatic carbocycles. The van der Waals surface area contributed by atoms with Crippen molar-refractivity contribution in [1.82, 2.24) is 4.90 Å². The lowest BCUT2D eigenvalue weighted by molar-refractivity contribution is -0.924. The van der Waals surface area contributed by atoms with Crippen molar-refractivity contribution >= 4 is 5.78 Å². The van der Waals surface area contributed by atoms with Crippen molar-refractivity contribution in [3.63, 3.8) is 0 Å². The normalized spacial score (nSPS) is 12.4. The van der Waals surface area contributed by atoms with E-state index in [1.165, 1.54) is 13.0 Å². The van der Waals surface area contributed by atoms with Crippen molar-refractivity contribution in [2.24, 2.45) is 0 Å². The highest BCUT2D eigenvalue weighted by atomic mass is 127. The molecule has 188 valence electrons. The van der Waals surface area contributed by atoms with Gasteiger partial charge in [-0.3, -0.25) is 4.79 Å². The summed E-state index contributed by atoms with van der Waals surface area (Å²) < 4.78 is 13.1. The van der Waals surface area contributed by atoms with Gasteiger partial charge in [0.2, 0.25) is 0 Å². The maximum absolute atomic E-state index is 13.2. The molecule has 0 amide bonds. The molecule has 0 saturated heterocycles. The van der Waals surface area contributed by atoms with Crippen molar-refractivity contribution < 1.29 is 42.7 Å². The minimum Gasteiger partial charge on any atom is -1.00 e. The van der Waals surface area contributed by atoms with Crippen molar-refractivity contribution in [1.29, 1.82) is 0 Å². The minimum atomic E-state index is 0. The fourth-order valence-corrected chi connectivity index (χ4v) is 4.85. The monoisotopic (exact) mass is 580 g/mol. The van der Waals surface area contributed by atoms with Crippen LogP contribution in [0.2, 0.25) is 0 Å². The molecule has 0 spiro atoms. The number of nitrogens with zero attached hydrogens (tertiary/aromatic N) is 2. The van der Waals surface area contributed by atoms with E-state index in [-0.39, 0.29) is 29.8 Å². The smallest absolute Gasteiger partial charge is 0.194 e. The van der Waals surface area contributed by atoms with Gasteiger partial charge in [-0.15, -0.1) is 0 Å². The van der Waals surface area contributed by atoms with Crippen LogP contribution in [0.1, 0.15) is 57.0 Å². The number of quaternary nitrogens is 1. The van der Waals surface area contributed by atoms with Crippen LogP contribution in [0.4, 0.5) is 0 Å². The number of likely N-dealkylation sites (N-methyl/N-ethyl adjacent to an activating group) is 2. The topological polar surface area (TPSA) is 38.8 Å². The van der Waals surface area contributed by atoms with Crippen LogP contribution in [0.5, 0.6) is 11.5 Å². The second-order valence-electron chi connectivity index (χ2n) is 8.89. The zero-order valence-electron chi connectivity index (χ0n) is 21.5. The Kier molecular flexibility index (Phi) is 11.3. The van der Waals surface area contributed by atoms with E-state index >= 15 is 0 Å². The third-order valence-corrected chi connectivity index (χ3v) is 7.21. The predicted octanol–water partition coefficient (Wildman–Crippen LogP) is 2.27. The number of carbonyl (C=O) groups excluding carboxylic acids is 1. The average molecular weight is 581 g/mol. The van der Waals surface area contributed by atoms with E-state index in [1.54, 1.807) is 0 Å². The molecule has 6 heteroatoms. The molecule has 0 atom stereocenters. The van der Waals surface area contributed by atoms with Crippen LogP contribution in [-0.4, -0.2) is 74.2 Å². The van der Waals surface area contributed by atoms with E-state index in [1.807, 2.05) is 36.4 Å². The molecule has 0 radical (unpaired) electrons. The number of benzene rings is 2. The Bertz CT molecular complexity index is 939. The number of ketones is 1. The summed E-state index contributed by atoms with van der Waals surface area (Å²) in [5, 5.41) is 0. The molecular formula is C28H41IN2O3. The van der Waals surface area contributed by atoms with E-state index in [4.69, 9.17) is 9.47 Å². The van der Waals surface area contributed by atoms with Gasteiger partial charge >= 0.3 is 0 Å². The standard InChI is InChI=1S/C28H41N2O3.HI/c1-6-16-30(9-4,10-5)17-19-33-23-12-14-25-24-13-11-22(32-18-15-29(7-2)8-3)20-26(24)28(31)27(25)21-23;/h11-14,20-21H,6-10,15-19H2,1-5H3;1H/q+1;/p-1. The molecule has 0 saturated carbocycles. The molecule has 0 aromatic heterocycles. The first kappa shape index (κ1) is 28.6. The molecule has 3 rings (SSSR count). The maximum Gasteiger partial charge on any atom is 0.194 e. The molecule has 34 heavy (non-hydrogen) atoms. The molecule has 1 aliphatic rings. The van der Waals surface area contributed by atoms with Gasteiger partial charge in [-0.05, 0) is 80.9 Å². The average Bonchev–Trinajstić information content (AvgIpc) is 3.12. The molecule has 0 unspecified atom stereocenters. The summed E-state index contributed by atoms with van der Waals surface area (Å²) in [6, 6.07) is 11.8. The summed E-state index contributed by atoms with van der Waals surface area (Å²) in [4.78, 5) is 15.5. The third kappa shape index (κ3) is 6.52. The quantitative estimate of drug-likeness (QED) is 0.217. The molecule has 0 N–H and O–H groups in total. The Labute approximate surface area is 223 Å². The first-order valence-electron chi connectivity index (χ1n) is 12.7. The van der Waals surface area contributed by atoms with Crippen LogP contribution >= 0.6 is 0 Å². The van der Waals surface area contributed by atoms with Crippen LogP contribution in [0, 0.1) is 0 Å². The molecule has 0 aliphatic heterocycles. The summed E-state index contributed by atoms with van der Waals surface area (Å²) in [5.41, 5.74) is 3.41. The first-order valence-corrected chi connectivity index (χ1v) is 12.7. The highest BCUT2D eigenvalue weighted by Gasteiger charge is 2.28. The van der Waals surface area contributed by atoms with Crippen LogP contribution in [0.25, 0.3) is 11.1 Å². The van der Waals surface area contributed by atoms with E-state index in [2.05, 4.69) is 39.5 Å². The van der Waals surface area contributed by atoms with Crippen LogP contribution in [-0.2, 0) is 0 Å². The van der Waals surface area contributed by atoms with Gasteiger partial charge in [-0.25, -0.2) is 0 Å². The lowest BCUT2D eigenvalue weighted by Crippen LogP contribution is -3.00. The Hall–Kier alpha value is -1.64. The first-order chi connectivity index (χ1) is 16.0. The van der Waals surface area contributed by atoms with Crippen molar-refractivity contribution in [3.05, 3.63) is 47.5 Å². The van der Waals surface area contributed by atoms with Gasteiger partial charge in [0.05, 0.1) is 19.6 Å². The molecule has 0 fully saturated rings. The molecule has 5 nitrogen and oxygen atoms in total. The van der Waals surface area contributed by atoms with Crippen molar-refractivity contribution in [3.8, 4) is 22.6 Å². The van der Waals surface area contributed by atoms with E-state index in [0.29, 0.717) is 13.2 Å². The Balaban J connectivity index is 0.00000408. The van der Waals surface area contributed by atoms with E-state index in [0.717, 1.165) is 77.5 Å². The second kappa shape index (κ2) is 13.4. The summed E-state index contributed by atoms with van der Waals surface area (Å²) in [6.45, 7) is 19.6. The highest BCUT2D eigenvalue weighted by molar-refractivity contribution is 6.22. The zero-order chi connectivity index (χ0) is 23.8. The highest BCUT2D eigenvalue weighted by Crippen LogP contribution is 2.39. The maximum atomic E-state index is 13.2. The van der Waals surface area contributed by atoms with E-state index < -0.39 is 0 Å². The lowest BCUT2D eigenvalue weighted by Gasteiger charge is -2.36. The summed E-state index contributed by atoms with van der Waals surface area (Å²) >= 11 is 0. The summed E-state index contributed by atoms with van der Waals surface area (Å²) in [7, 11) is 0. The Morgan fingerprint density at radius 2 is 1.26 bits per heavy atom. The largest absolute Gasteiger partial charge is 1.00 e. The summed E-state index contributed by atoms with van der Waals surface area (Å²) in [6.07, 6.45) is 1.18. The fourth-order valence-electron chi connectivity index (χ4n) is 4.85. The number of ether oxygens (including phenoxy) is 2. The van der Waals surface area contributed by atoms with Gasteiger partial charge in [0.25, 0.3) is 0 Å².